The van der Waals surface area contributed by atoms with Crippen LogP contribution in [-0.4, -0.2) is 27.9 Å². The Hall–Kier alpha value is -2.87. The van der Waals surface area contributed by atoms with Crippen molar-refractivity contribution >= 4 is 44.5 Å². The molecule has 0 aliphatic rings. The largest absolute Gasteiger partial charge is 0.449 e. The summed E-state index contributed by atoms with van der Waals surface area (Å²) in [4.78, 5) is 32.8. The number of hydrogen-bond acceptors (Lipinski definition) is 5. The van der Waals surface area contributed by atoms with Crippen LogP contribution < -0.4 is 5.32 Å². The lowest BCUT2D eigenvalue weighted by atomic mass is 10.2. The minimum absolute atomic E-state index is 0.00266. The fourth-order valence-corrected chi connectivity index (χ4v) is 2.59. The Morgan fingerprint density at radius 1 is 1.19 bits per heavy atom. The van der Waals surface area contributed by atoms with E-state index < -0.39 is 23.8 Å². The number of benzene rings is 2. The maximum absolute atomic E-state index is 13.8. The molecule has 1 N–H and O–H groups in total. The molecule has 1 unspecified atom stereocenters. The molecule has 0 bridgehead atoms. The van der Waals surface area contributed by atoms with Crippen LogP contribution >= 0.6 is 15.9 Å². The summed E-state index contributed by atoms with van der Waals surface area (Å²) < 4.78 is 19.5. The number of nitrogens with zero attached hydrogens (tertiary/aromatic N) is 2. The second-order valence-electron chi connectivity index (χ2n) is 5.39. The number of ether oxygens (including phenoxy) is 1. The van der Waals surface area contributed by atoms with Crippen LogP contribution in [0, 0.1) is 5.82 Å². The van der Waals surface area contributed by atoms with Gasteiger partial charge in [-0.1, -0.05) is 22.0 Å². The van der Waals surface area contributed by atoms with Crippen molar-refractivity contribution in [3.63, 3.8) is 0 Å². The highest BCUT2D eigenvalue weighted by molar-refractivity contribution is 9.10. The summed E-state index contributed by atoms with van der Waals surface area (Å²) in [6, 6.07) is 9.12. The molecule has 1 heterocycles. The summed E-state index contributed by atoms with van der Waals surface area (Å²) in [5.41, 5.74) is 1.12. The van der Waals surface area contributed by atoms with Crippen molar-refractivity contribution in [3.8, 4) is 0 Å². The van der Waals surface area contributed by atoms with E-state index in [4.69, 9.17) is 4.74 Å². The van der Waals surface area contributed by atoms with E-state index in [1.807, 2.05) is 0 Å². The van der Waals surface area contributed by atoms with Gasteiger partial charge in [-0.25, -0.2) is 9.18 Å². The molecule has 0 saturated heterocycles. The molecule has 8 heteroatoms. The average Bonchev–Trinajstić information content (AvgIpc) is 2.63. The van der Waals surface area contributed by atoms with Crippen molar-refractivity contribution in [1.82, 2.24) is 9.97 Å². The molecule has 0 fully saturated rings. The summed E-state index contributed by atoms with van der Waals surface area (Å²) in [6.45, 7) is 1.40. The predicted molar refractivity (Wildman–Crippen MR) is 97.1 cm³/mol. The second kappa shape index (κ2) is 7.57. The Labute approximate surface area is 156 Å². The molecule has 2 aromatic carbocycles. The van der Waals surface area contributed by atoms with Gasteiger partial charge in [0.25, 0.3) is 5.91 Å². The third-order valence-corrected chi connectivity index (χ3v) is 4.05. The van der Waals surface area contributed by atoms with E-state index in [-0.39, 0.29) is 11.3 Å². The van der Waals surface area contributed by atoms with Gasteiger partial charge in [0, 0.05) is 16.9 Å². The molecule has 1 atom stereocenters. The van der Waals surface area contributed by atoms with Gasteiger partial charge in [0.05, 0.1) is 16.8 Å². The van der Waals surface area contributed by atoms with Gasteiger partial charge in [-0.2, -0.15) is 0 Å². The molecule has 0 saturated carbocycles. The number of carbonyl (C=O) groups excluding carboxylic acids is 2. The Morgan fingerprint density at radius 3 is 2.73 bits per heavy atom. The molecule has 6 nitrogen and oxygen atoms in total. The quantitative estimate of drug-likeness (QED) is 0.654. The molecule has 0 aliphatic carbocycles. The van der Waals surface area contributed by atoms with E-state index >= 15 is 0 Å². The zero-order chi connectivity index (χ0) is 18.7. The second-order valence-corrected chi connectivity index (χ2v) is 6.31. The fourth-order valence-electron chi connectivity index (χ4n) is 2.26. The monoisotopic (exact) mass is 417 g/mol. The number of rotatable bonds is 4. The van der Waals surface area contributed by atoms with E-state index in [1.165, 1.54) is 31.5 Å². The normalized spacial score (nSPS) is 11.8. The van der Waals surface area contributed by atoms with Crippen LogP contribution in [0.4, 0.5) is 10.1 Å². The molecule has 0 radical (unpaired) electrons. The van der Waals surface area contributed by atoms with Gasteiger partial charge in [-0.15, -0.1) is 0 Å². The molecule has 3 rings (SSSR count). The molecule has 0 aliphatic heterocycles. The number of aromatic nitrogens is 2. The number of nitrogens with one attached hydrogen (secondary N) is 1. The van der Waals surface area contributed by atoms with Crippen LogP contribution in [0.2, 0.25) is 0 Å². The number of amides is 1. The van der Waals surface area contributed by atoms with Crippen LogP contribution in [0.3, 0.4) is 0 Å². The highest BCUT2D eigenvalue weighted by Gasteiger charge is 2.21. The standard InChI is InChI=1S/C18H13BrFN3O3/c1-10(17(24)23-14-6-5-11(19)9-13(14)20)26-18(25)12-3-2-4-15-16(12)22-8-7-21-15/h2-10H,1H3,(H,23,24). The molecule has 3 aromatic rings. The number of halogens is 2. The third-order valence-electron chi connectivity index (χ3n) is 3.56. The van der Waals surface area contributed by atoms with Gasteiger partial charge in [-0.05, 0) is 37.3 Å². The first-order valence-electron chi connectivity index (χ1n) is 7.62. The lowest BCUT2D eigenvalue weighted by Gasteiger charge is -2.14. The minimum atomic E-state index is -1.13. The highest BCUT2D eigenvalue weighted by atomic mass is 79.9. The maximum atomic E-state index is 13.8. The number of carbonyl (C=O) groups is 2. The molecular formula is C18H13BrFN3O3. The van der Waals surface area contributed by atoms with Gasteiger partial charge in [0.15, 0.2) is 6.10 Å². The van der Waals surface area contributed by atoms with Crippen molar-refractivity contribution in [1.29, 1.82) is 0 Å². The summed E-state index contributed by atoms with van der Waals surface area (Å²) in [5, 5.41) is 2.39. The smallest absolute Gasteiger partial charge is 0.341 e. The Bertz CT molecular complexity index is 991. The number of fused-ring (bicyclic) bond motifs is 1. The predicted octanol–water partition coefficient (Wildman–Crippen LogP) is 3.72. The highest BCUT2D eigenvalue weighted by Crippen LogP contribution is 2.20. The molecule has 1 amide bonds. The van der Waals surface area contributed by atoms with Crippen molar-refractivity contribution in [2.24, 2.45) is 0 Å². The van der Waals surface area contributed by atoms with E-state index in [9.17, 15) is 14.0 Å². The van der Waals surface area contributed by atoms with E-state index in [0.717, 1.165) is 0 Å². The van der Waals surface area contributed by atoms with E-state index in [2.05, 4.69) is 31.2 Å². The lowest BCUT2D eigenvalue weighted by molar-refractivity contribution is -0.123. The zero-order valence-electron chi connectivity index (χ0n) is 13.6. The minimum Gasteiger partial charge on any atom is -0.449 e. The first-order valence-corrected chi connectivity index (χ1v) is 8.41. The first-order chi connectivity index (χ1) is 12.5. The van der Waals surface area contributed by atoms with Gasteiger partial charge in [0.2, 0.25) is 0 Å². The molecular weight excluding hydrogens is 405 g/mol. The molecule has 132 valence electrons. The van der Waals surface area contributed by atoms with E-state index in [1.54, 1.807) is 24.3 Å². The van der Waals surface area contributed by atoms with Crippen LogP contribution in [0.1, 0.15) is 17.3 Å². The number of anilines is 1. The van der Waals surface area contributed by atoms with Gasteiger partial charge in [-0.3, -0.25) is 14.8 Å². The lowest BCUT2D eigenvalue weighted by Crippen LogP contribution is -2.30. The Kier molecular flexibility index (Phi) is 5.22. The summed E-state index contributed by atoms with van der Waals surface area (Å²) in [5.74, 6) is -1.96. The van der Waals surface area contributed by atoms with Crippen molar-refractivity contribution < 1.29 is 18.7 Å². The van der Waals surface area contributed by atoms with Crippen molar-refractivity contribution in [3.05, 3.63) is 64.6 Å². The number of hydrogen-bond donors (Lipinski definition) is 1. The SMILES string of the molecule is CC(OC(=O)c1cccc2nccnc12)C(=O)Nc1ccc(Br)cc1F. The topological polar surface area (TPSA) is 81.2 Å². The first kappa shape index (κ1) is 17.9. The summed E-state index contributed by atoms with van der Waals surface area (Å²) in [7, 11) is 0. The van der Waals surface area contributed by atoms with Crippen LogP contribution in [0.5, 0.6) is 0 Å². The average molecular weight is 418 g/mol. The third kappa shape index (κ3) is 3.85. The fraction of sp³-hybridized carbons (Fsp3) is 0.111. The van der Waals surface area contributed by atoms with Crippen LogP contribution in [0.15, 0.2) is 53.3 Å². The van der Waals surface area contributed by atoms with Crippen LogP contribution in [0.25, 0.3) is 11.0 Å². The Balaban J connectivity index is 1.73. The maximum Gasteiger partial charge on any atom is 0.341 e. The van der Waals surface area contributed by atoms with Gasteiger partial charge in [0.1, 0.15) is 11.3 Å². The number of para-hydroxylation sites is 1. The Morgan fingerprint density at radius 2 is 1.96 bits per heavy atom. The number of esters is 1. The van der Waals surface area contributed by atoms with Gasteiger partial charge < -0.3 is 10.1 Å². The van der Waals surface area contributed by atoms with Crippen LogP contribution in [-0.2, 0) is 9.53 Å². The van der Waals surface area contributed by atoms with Gasteiger partial charge >= 0.3 is 5.97 Å². The summed E-state index contributed by atoms with van der Waals surface area (Å²) >= 11 is 3.14. The van der Waals surface area contributed by atoms with Crippen molar-refractivity contribution in [2.45, 2.75) is 13.0 Å². The molecule has 0 spiro atoms. The zero-order valence-corrected chi connectivity index (χ0v) is 15.2. The molecule has 26 heavy (non-hydrogen) atoms. The molecule has 1 aromatic heterocycles. The summed E-state index contributed by atoms with van der Waals surface area (Å²) in [6.07, 6.45) is 1.85. The van der Waals surface area contributed by atoms with E-state index in [0.29, 0.717) is 15.5 Å². The van der Waals surface area contributed by atoms with Crippen molar-refractivity contribution in [2.75, 3.05) is 5.32 Å².